The van der Waals surface area contributed by atoms with Crippen molar-refractivity contribution in [1.29, 1.82) is 0 Å². The summed E-state index contributed by atoms with van der Waals surface area (Å²) < 4.78 is 17.8. The minimum absolute atomic E-state index is 0.135. The van der Waals surface area contributed by atoms with Crippen LogP contribution in [-0.2, 0) is 11.8 Å². The molecule has 1 N–H and O–H groups in total. The van der Waals surface area contributed by atoms with Gasteiger partial charge in [0.05, 0.1) is 12.1 Å². The van der Waals surface area contributed by atoms with E-state index in [0.29, 0.717) is 22.3 Å². The maximum atomic E-state index is 12.7. The summed E-state index contributed by atoms with van der Waals surface area (Å²) in [6, 6.07) is 10.6. The maximum absolute atomic E-state index is 12.7. The second kappa shape index (κ2) is 8.51. The van der Waals surface area contributed by atoms with Crippen LogP contribution in [0, 0.1) is 0 Å². The summed E-state index contributed by atoms with van der Waals surface area (Å²) in [5.41, 5.74) is 1.62. The average Bonchev–Trinajstić information content (AvgIpc) is 3.40. The number of carbonyl (C=O) groups is 1. The summed E-state index contributed by atoms with van der Waals surface area (Å²) >= 11 is 6.20. The zero-order chi connectivity index (χ0) is 21.1. The lowest BCUT2D eigenvalue weighted by atomic mass is 10.1. The van der Waals surface area contributed by atoms with E-state index in [0.717, 1.165) is 16.9 Å². The van der Waals surface area contributed by atoms with Crippen LogP contribution < -0.4 is 19.5 Å². The zero-order valence-electron chi connectivity index (χ0n) is 16.5. The van der Waals surface area contributed by atoms with Crippen LogP contribution in [0.1, 0.15) is 23.0 Å². The Morgan fingerprint density at radius 2 is 2.10 bits per heavy atom. The predicted octanol–water partition coefficient (Wildman–Crippen LogP) is 3.73. The Labute approximate surface area is 178 Å². The van der Waals surface area contributed by atoms with Crippen molar-refractivity contribution in [1.82, 2.24) is 14.9 Å². The van der Waals surface area contributed by atoms with E-state index >= 15 is 0 Å². The van der Waals surface area contributed by atoms with Crippen LogP contribution in [0.25, 0.3) is 6.08 Å². The largest absolute Gasteiger partial charge is 0.497 e. The van der Waals surface area contributed by atoms with Gasteiger partial charge in [-0.05, 0) is 41.5 Å². The fourth-order valence-electron chi connectivity index (χ4n) is 3.19. The first kappa shape index (κ1) is 19.8. The molecule has 0 radical (unpaired) electrons. The van der Waals surface area contributed by atoms with Gasteiger partial charge in [-0.3, -0.25) is 4.79 Å². The van der Waals surface area contributed by atoms with Crippen molar-refractivity contribution in [2.24, 2.45) is 7.05 Å². The molecule has 1 aliphatic heterocycles. The molecule has 1 unspecified atom stereocenters. The number of rotatable bonds is 6. The van der Waals surface area contributed by atoms with Crippen LogP contribution in [0.5, 0.6) is 17.2 Å². The number of aryl methyl sites for hydroxylation is 1. The van der Waals surface area contributed by atoms with Gasteiger partial charge in [-0.2, -0.15) is 0 Å². The number of carbonyl (C=O) groups excluding carboxylic acids is 1. The van der Waals surface area contributed by atoms with Gasteiger partial charge in [0, 0.05) is 25.5 Å². The highest BCUT2D eigenvalue weighted by molar-refractivity contribution is 6.32. The summed E-state index contributed by atoms with van der Waals surface area (Å²) in [6.45, 7) is 0.135. The summed E-state index contributed by atoms with van der Waals surface area (Å²) in [4.78, 5) is 17.1. The molecule has 1 aliphatic rings. The van der Waals surface area contributed by atoms with E-state index in [1.807, 2.05) is 42.1 Å². The Morgan fingerprint density at radius 1 is 1.30 bits per heavy atom. The molecule has 0 fully saturated rings. The van der Waals surface area contributed by atoms with Crippen LogP contribution in [0.15, 0.2) is 54.9 Å². The number of imidazole rings is 1. The summed E-state index contributed by atoms with van der Waals surface area (Å²) in [5.74, 6) is 2.27. The van der Waals surface area contributed by atoms with Crippen LogP contribution in [0.3, 0.4) is 0 Å². The topological polar surface area (TPSA) is 74.6 Å². The third-order valence-corrected chi connectivity index (χ3v) is 5.01. The molecule has 7 nitrogen and oxygen atoms in total. The highest BCUT2D eigenvalue weighted by Gasteiger charge is 2.20. The molecule has 1 amide bonds. The highest BCUT2D eigenvalue weighted by atomic mass is 35.5. The molecule has 8 heteroatoms. The Kier molecular flexibility index (Phi) is 5.63. The highest BCUT2D eigenvalue weighted by Crippen LogP contribution is 2.40. The molecule has 2 heterocycles. The quantitative estimate of drug-likeness (QED) is 0.609. The van der Waals surface area contributed by atoms with Gasteiger partial charge in [-0.1, -0.05) is 23.7 Å². The van der Waals surface area contributed by atoms with Gasteiger partial charge in [-0.25, -0.2) is 4.98 Å². The van der Waals surface area contributed by atoms with Crippen molar-refractivity contribution >= 4 is 23.6 Å². The Balaban J connectivity index is 1.55. The number of methoxy groups -OCH3 is 1. The number of nitrogens with one attached hydrogen (secondary N) is 1. The third-order valence-electron chi connectivity index (χ3n) is 4.73. The zero-order valence-corrected chi connectivity index (χ0v) is 17.2. The molecule has 0 spiro atoms. The lowest BCUT2D eigenvalue weighted by Gasteiger charge is -2.18. The fourth-order valence-corrected chi connectivity index (χ4v) is 3.47. The molecule has 2 aromatic carbocycles. The van der Waals surface area contributed by atoms with Crippen molar-refractivity contribution in [3.05, 3.63) is 76.8 Å². The molecular weight excluding hydrogens is 406 g/mol. The van der Waals surface area contributed by atoms with Crippen molar-refractivity contribution in [2.45, 2.75) is 6.04 Å². The number of halogens is 1. The molecule has 30 heavy (non-hydrogen) atoms. The number of hydrogen-bond donors (Lipinski definition) is 1. The second-order valence-electron chi connectivity index (χ2n) is 6.68. The number of benzene rings is 2. The predicted molar refractivity (Wildman–Crippen MR) is 113 cm³/mol. The van der Waals surface area contributed by atoms with Gasteiger partial charge < -0.3 is 24.1 Å². The molecule has 0 saturated heterocycles. The van der Waals surface area contributed by atoms with E-state index in [9.17, 15) is 4.79 Å². The van der Waals surface area contributed by atoms with E-state index in [-0.39, 0.29) is 12.7 Å². The SMILES string of the molecule is COc1ccc(C(NC(=O)/C=C/c2cc(Cl)c3c(c2)OCO3)c2nccn2C)cc1. The monoisotopic (exact) mass is 425 g/mol. The molecule has 0 aliphatic carbocycles. The van der Waals surface area contributed by atoms with Crippen molar-refractivity contribution < 1.29 is 19.0 Å². The first-order valence-corrected chi connectivity index (χ1v) is 9.62. The van der Waals surface area contributed by atoms with Crippen molar-refractivity contribution in [3.63, 3.8) is 0 Å². The first-order chi connectivity index (χ1) is 14.5. The second-order valence-corrected chi connectivity index (χ2v) is 7.09. The third kappa shape index (κ3) is 4.11. The molecule has 4 rings (SSSR count). The van der Waals surface area contributed by atoms with E-state index in [1.54, 1.807) is 31.5 Å². The lowest BCUT2D eigenvalue weighted by Crippen LogP contribution is -2.29. The first-order valence-electron chi connectivity index (χ1n) is 9.24. The van der Waals surface area contributed by atoms with Crippen LogP contribution >= 0.6 is 11.6 Å². The minimum Gasteiger partial charge on any atom is -0.497 e. The van der Waals surface area contributed by atoms with Gasteiger partial charge in [0.1, 0.15) is 17.6 Å². The molecule has 154 valence electrons. The molecule has 1 atom stereocenters. The Hall–Kier alpha value is -3.45. The number of ether oxygens (including phenoxy) is 3. The normalized spacial score (nSPS) is 13.4. The smallest absolute Gasteiger partial charge is 0.244 e. The Bertz CT molecular complexity index is 1090. The molecular formula is C22H20ClN3O4. The minimum atomic E-state index is -0.423. The van der Waals surface area contributed by atoms with Gasteiger partial charge >= 0.3 is 0 Å². The molecule has 0 bridgehead atoms. The fraction of sp³-hybridized carbons (Fsp3) is 0.182. The van der Waals surface area contributed by atoms with E-state index < -0.39 is 6.04 Å². The van der Waals surface area contributed by atoms with Crippen LogP contribution in [0.4, 0.5) is 0 Å². The molecule has 0 saturated carbocycles. The maximum Gasteiger partial charge on any atom is 0.244 e. The van der Waals surface area contributed by atoms with Gasteiger partial charge in [0.25, 0.3) is 0 Å². The number of aromatic nitrogens is 2. The number of hydrogen-bond acceptors (Lipinski definition) is 5. The number of fused-ring (bicyclic) bond motifs is 1. The van der Waals surface area contributed by atoms with Gasteiger partial charge in [-0.15, -0.1) is 0 Å². The van der Waals surface area contributed by atoms with Crippen LogP contribution in [-0.4, -0.2) is 29.4 Å². The number of nitrogens with zero attached hydrogens (tertiary/aromatic N) is 2. The molecule has 3 aromatic rings. The van der Waals surface area contributed by atoms with Gasteiger partial charge in [0.2, 0.25) is 12.7 Å². The van der Waals surface area contributed by atoms with Gasteiger partial charge in [0.15, 0.2) is 11.5 Å². The van der Waals surface area contributed by atoms with Crippen molar-refractivity contribution in [3.8, 4) is 17.2 Å². The van der Waals surface area contributed by atoms with Crippen molar-refractivity contribution in [2.75, 3.05) is 13.9 Å². The molecule has 1 aromatic heterocycles. The number of amides is 1. The Morgan fingerprint density at radius 3 is 2.80 bits per heavy atom. The summed E-state index contributed by atoms with van der Waals surface area (Å²) in [7, 11) is 3.50. The van der Waals surface area contributed by atoms with E-state index in [1.165, 1.54) is 6.08 Å². The van der Waals surface area contributed by atoms with Crippen LogP contribution in [0.2, 0.25) is 5.02 Å². The average molecular weight is 426 g/mol. The standard InChI is InChI=1S/C22H20ClN3O4/c1-26-10-9-24-22(26)20(15-4-6-16(28-2)7-5-15)25-19(27)8-3-14-11-17(23)21-18(12-14)29-13-30-21/h3-12,20H,13H2,1-2H3,(H,25,27)/b8-3+. The van der Waals surface area contributed by atoms with E-state index in [4.69, 9.17) is 25.8 Å². The summed E-state index contributed by atoms with van der Waals surface area (Å²) in [5, 5.41) is 3.45. The summed E-state index contributed by atoms with van der Waals surface area (Å²) in [6.07, 6.45) is 6.66. The van der Waals surface area contributed by atoms with E-state index in [2.05, 4.69) is 10.3 Å². The lowest BCUT2D eigenvalue weighted by molar-refractivity contribution is -0.117.